The molecule has 0 unspecified atom stereocenters. The quantitative estimate of drug-likeness (QED) is 0.761. The highest BCUT2D eigenvalue weighted by Gasteiger charge is 2.12. The number of hydrogen-bond donors (Lipinski definition) is 2. The van der Waals surface area contributed by atoms with Gasteiger partial charge in [-0.25, -0.2) is 5.01 Å². The molecule has 0 saturated carbocycles. The molecule has 0 radical (unpaired) electrons. The van der Waals surface area contributed by atoms with Crippen molar-refractivity contribution in [3.8, 4) is 6.01 Å². The third-order valence-electron chi connectivity index (χ3n) is 2.43. The Morgan fingerprint density at radius 3 is 2.62 bits per heavy atom. The number of nitrogens with two attached hydrogens (primary N) is 1. The van der Waals surface area contributed by atoms with Crippen molar-refractivity contribution in [1.29, 1.82) is 0 Å². The average molecular weight is 224 g/mol. The molecule has 16 heavy (non-hydrogen) atoms. The molecule has 0 aliphatic carbocycles. The molecule has 2 rings (SSSR count). The fraction of sp³-hybridized carbons (Fsp3) is 0.667. The van der Waals surface area contributed by atoms with E-state index in [4.69, 9.17) is 10.5 Å². The molecule has 1 saturated heterocycles. The lowest BCUT2D eigenvalue weighted by molar-refractivity contribution is 0.270. The smallest absolute Gasteiger partial charge is 0.322 e. The first-order valence-corrected chi connectivity index (χ1v) is 5.35. The van der Waals surface area contributed by atoms with Gasteiger partial charge in [-0.05, 0) is 12.8 Å². The molecule has 1 aliphatic heterocycles. The Hall–Kier alpha value is -1.63. The summed E-state index contributed by atoms with van der Waals surface area (Å²) in [5.41, 5.74) is 8.65. The Balaban J connectivity index is 2.04. The lowest BCUT2D eigenvalue weighted by atomic mass is 10.2. The zero-order chi connectivity index (χ0) is 11.4. The predicted molar refractivity (Wildman–Crippen MR) is 59.8 cm³/mol. The first-order chi connectivity index (χ1) is 7.78. The van der Waals surface area contributed by atoms with Gasteiger partial charge in [-0.15, -0.1) is 0 Å². The predicted octanol–water partition coefficient (Wildman–Crippen LogP) is 0.275. The molecule has 2 heterocycles. The summed E-state index contributed by atoms with van der Waals surface area (Å²) < 4.78 is 4.92. The van der Waals surface area contributed by atoms with Gasteiger partial charge in [0, 0.05) is 13.1 Å². The second-order valence-electron chi connectivity index (χ2n) is 3.66. The number of anilines is 2. The van der Waals surface area contributed by atoms with E-state index in [1.807, 2.05) is 0 Å². The molecule has 0 atom stereocenters. The maximum atomic E-state index is 5.54. The van der Waals surface area contributed by atoms with E-state index in [9.17, 15) is 0 Å². The molecule has 0 aromatic carbocycles. The average Bonchev–Trinajstić information content (AvgIpc) is 2.29. The lowest BCUT2D eigenvalue weighted by Gasteiger charge is -2.26. The van der Waals surface area contributed by atoms with Gasteiger partial charge in [-0.1, -0.05) is 6.42 Å². The van der Waals surface area contributed by atoms with Crippen molar-refractivity contribution in [2.24, 2.45) is 0 Å². The summed E-state index contributed by atoms with van der Waals surface area (Å²) in [6.45, 7) is 1.99. The maximum Gasteiger partial charge on any atom is 0.322 e. The van der Waals surface area contributed by atoms with E-state index in [0.717, 1.165) is 13.1 Å². The number of methoxy groups -OCH3 is 1. The number of ether oxygens (including phenoxy) is 1. The summed E-state index contributed by atoms with van der Waals surface area (Å²) in [5, 5.41) is 2.08. The van der Waals surface area contributed by atoms with Gasteiger partial charge in [0.05, 0.1) is 7.11 Å². The minimum atomic E-state index is 0.159. The lowest BCUT2D eigenvalue weighted by Crippen LogP contribution is -2.35. The van der Waals surface area contributed by atoms with Crippen molar-refractivity contribution in [2.45, 2.75) is 19.3 Å². The minimum Gasteiger partial charge on any atom is -0.467 e. The highest BCUT2D eigenvalue weighted by atomic mass is 16.5. The van der Waals surface area contributed by atoms with Crippen LogP contribution in [0.2, 0.25) is 0 Å². The molecule has 0 amide bonds. The van der Waals surface area contributed by atoms with Gasteiger partial charge in [-0.3, -0.25) is 5.43 Å². The third-order valence-corrected chi connectivity index (χ3v) is 2.43. The van der Waals surface area contributed by atoms with Crippen LogP contribution in [0.1, 0.15) is 19.3 Å². The van der Waals surface area contributed by atoms with Crippen molar-refractivity contribution in [3.63, 3.8) is 0 Å². The Bertz CT molecular complexity index is 352. The van der Waals surface area contributed by atoms with Crippen molar-refractivity contribution in [2.75, 3.05) is 31.4 Å². The van der Waals surface area contributed by atoms with Gasteiger partial charge in [-0.2, -0.15) is 15.0 Å². The molecule has 1 aliphatic rings. The van der Waals surface area contributed by atoms with E-state index in [1.165, 1.54) is 26.4 Å². The molecular weight excluding hydrogens is 208 g/mol. The van der Waals surface area contributed by atoms with Gasteiger partial charge in [0.2, 0.25) is 11.9 Å². The number of nitrogen functional groups attached to an aromatic ring is 1. The number of rotatable bonds is 3. The molecule has 3 N–H and O–H groups in total. The SMILES string of the molecule is COc1nc(N)nc(NN2CCCCC2)n1. The zero-order valence-corrected chi connectivity index (χ0v) is 9.31. The van der Waals surface area contributed by atoms with Crippen LogP contribution in [0.3, 0.4) is 0 Å². The second-order valence-corrected chi connectivity index (χ2v) is 3.66. The van der Waals surface area contributed by atoms with E-state index >= 15 is 0 Å². The Labute approximate surface area is 94.0 Å². The van der Waals surface area contributed by atoms with Crippen molar-refractivity contribution in [3.05, 3.63) is 0 Å². The standard InChI is InChI=1S/C9H16N6O/c1-16-9-12-7(10)11-8(13-9)14-15-5-3-2-4-6-15/h2-6H2,1H3,(H3,10,11,12,13,14). The summed E-state index contributed by atoms with van der Waals surface area (Å²) in [6.07, 6.45) is 3.65. The van der Waals surface area contributed by atoms with Crippen molar-refractivity contribution < 1.29 is 4.74 Å². The first kappa shape index (κ1) is 10.9. The van der Waals surface area contributed by atoms with E-state index in [-0.39, 0.29) is 12.0 Å². The van der Waals surface area contributed by atoms with E-state index in [2.05, 4.69) is 25.4 Å². The van der Waals surface area contributed by atoms with Gasteiger partial charge in [0.25, 0.3) is 0 Å². The first-order valence-electron chi connectivity index (χ1n) is 5.35. The zero-order valence-electron chi connectivity index (χ0n) is 9.31. The summed E-state index contributed by atoms with van der Waals surface area (Å²) in [7, 11) is 1.50. The highest BCUT2D eigenvalue weighted by molar-refractivity contribution is 5.31. The molecular formula is C9H16N6O. The normalized spacial score (nSPS) is 17.1. The third kappa shape index (κ3) is 2.69. The van der Waals surface area contributed by atoms with Gasteiger partial charge < -0.3 is 10.5 Å². The number of nitrogens with zero attached hydrogens (tertiary/aromatic N) is 4. The summed E-state index contributed by atoms with van der Waals surface area (Å²) >= 11 is 0. The molecule has 7 heteroatoms. The summed E-state index contributed by atoms with van der Waals surface area (Å²) in [4.78, 5) is 11.9. The summed E-state index contributed by atoms with van der Waals surface area (Å²) in [5.74, 6) is 0.595. The molecule has 1 aromatic rings. The van der Waals surface area contributed by atoms with Crippen LogP contribution in [0.4, 0.5) is 11.9 Å². The Kier molecular flexibility index (Phi) is 3.35. The van der Waals surface area contributed by atoms with E-state index < -0.39 is 0 Å². The topological polar surface area (TPSA) is 89.2 Å². The fourth-order valence-corrected chi connectivity index (χ4v) is 1.66. The van der Waals surface area contributed by atoms with Crippen LogP contribution < -0.4 is 15.9 Å². The van der Waals surface area contributed by atoms with E-state index in [0.29, 0.717) is 5.95 Å². The van der Waals surface area contributed by atoms with Gasteiger partial charge >= 0.3 is 6.01 Å². The monoisotopic (exact) mass is 224 g/mol. The molecule has 88 valence electrons. The molecule has 1 aromatic heterocycles. The van der Waals surface area contributed by atoms with Crippen LogP contribution >= 0.6 is 0 Å². The number of hydrogen-bond acceptors (Lipinski definition) is 7. The number of nitrogens with one attached hydrogen (secondary N) is 1. The Morgan fingerprint density at radius 1 is 1.19 bits per heavy atom. The van der Waals surface area contributed by atoms with Crippen LogP contribution in [0.25, 0.3) is 0 Å². The van der Waals surface area contributed by atoms with E-state index in [1.54, 1.807) is 0 Å². The van der Waals surface area contributed by atoms with Crippen LogP contribution in [-0.2, 0) is 0 Å². The molecule has 1 fully saturated rings. The summed E-state index contributed by atoms with van der Waals surface area (Å²) in [6, 6.07) is 0.229. The number of aromatic nitrogens is 3. The minimum absolute atomic E-state index is 0.159. The van der Waals surface area contributed by atoms with Crippen molar-refractivity contribution in [1.82, 2.24) is 20.0 Å². The van der Waals surface area contributed by atoms with Gasteiger partial charge in [0.15, 0.2) is 0 Å². The molecule has 0 spiro atoms. The van der Waals surface area contributed by atoms with Crippen LogP contribution in [0.15, 0.2) is 0 Å². The van der Waals surface area contributed by atoms with Gasteiger partial charge in [0.1, 0.15) is 0 Å². The largest absolute Gasteiger partial charge is 0.467 e. The molecule has 0 bridgehead atoms. The van der Waals surface area contributed by atoms with Crippen LogP contribution in [0, 0.1) is 0 Å². The highest BCUT2D eigenvalue weighted by Crippen LogP contribution is 2.12. The van der Waals surface area contributed by atoms with Crippen LogP contribution in [-0.4, -0.2) is 40.2 Å². The number of hydrazine groups is 1. The second kappa shape index (κ2) is 4.93. The maximum absolute atomic E-state index is 5.54. The number of piperidine rings is 1. The fourth-order valence-electron chi connectivity index (χ4n) is 1.66. The molecule has 7 nitrogen and oxygen atoms in total. The van der Waals surface area contributed by atoms with Crippen molar-refractivity contribution >= 4 is 11.9 Å². The Morgan fingerprint density at radius 2 is 1.94 bits per heavy atom. The van der Waals surface area contributed by atoms with Crippen LogP contribution in [0.5, 0.6) is 6.01 Å².